The lowest BCUT2D eigenvalue weighted by Crippen LogP contribution is -2.15. The van der Waals surface area contributed by atoms with E-state index in [9.17, 15) is 4.79 Å². The Morgan fingerprint density at radius 3 is 2.62 bits per heavy atom. The van der Waals surface area contributed by atoms with Gasteiger partial charge in [0.15, 0.2) is 17.3 Å². The van der Waals surface area contributed by atoms with Gasteiger partial charge in [0.25, 0.3) is 0 Å². The van der Waals surface area contributed by atoms with E-state index in [1.54, 1.807) is 42.2 Å². The highest BCUT2D eigenvalue weighted by molar-refractivity contribution is 7.99. The lowest BCUT2D eigenvalue weighted by Gasteiger charge is -2.18. The summed E-state index contributed by atoms with van der Waals surface area (Å²) in [6.07, 6.45) is 5.25. The van der Waals surface area contributed by atoms with Gasteiger partial charge in [-0.1, -0.05) is 48.2 Å². The Balaban J connectivity index is 1.40. The molecule has 0 fully saturated rings. The van der Waals surface area contributed by atoms with Crippen LogP contribution in [0.2, 0.25) is 0 Å². The fourth-order valence-electron chi connectivity index (χ4n) is 4.27. The van der Waals surface area contributed by atoms with Crippen LogP contribution in [0.25, 0.3) is 22.7 Å². The molecule has 0 amide bonds. The van der Waals surface area contributed by atoms with E-state index in [0.717, 1.165) is 37.8 Å². The van der Waals surface area contributed by atoms with Crippen LogP contribution < -0.4 is 9.47 Å². The maximum absolute atomic E-state index is 13.1. The van der Waals surface area contributed by atoms with Crippen LogP contribution in [0.3, 0.4) is 0 Å². The first-order valence-corrected chi connectivity index (χ1v) is 12.8. The summed E-state index contributed by atoms with van der Waals surface area (Å²) in [7, 11) is 0. The molecule has 2 aromatic heterocycles. The van der Waals surface area contributed by atoms with Crippen molar-refractivity contribution in [2.24, 2.45) is 0 Å². The van der Waals surface area contributed by atoms with Crippen LogP contribution in [0.4, 0.5) is 0 Å². The minimum absolute atomic E-state index is 0.119. The number of hydrogen-bond donors (Lipinski definition) is 0. The summed E-state index contributed by atoms with van der Waals surface area (Å²) in [6, 6.07) is 25.4. The van der Waals surface area contributed by atoms with Crippen molar-refractivity contribution in [3.63, 3.8) is 0 Å². The van der Waals surface area contributed by atoms with Crippen molar-refractivity contribution >= 4 is 34.5 Å². The molecule has 1 aliphatic rings. The Morgan fingerprint density at radius 1 is 0.946 bits per heavy atom. The highest BCUT2D eigenvalue weighted by Crippen LogP contribution is 2.38. The van der Waals surface area contributed by atoms with Gasteiger partial charge in [-0.25, -0.2) is 4.68 Å². The molecule has 0 spiro atoms. The smallest absolute Gasteiger partial charge is 0.185 e. The molecule has 0 radical (unpaired) electrons. The van der Waals surface area contributed by atoms with Gasteiger partial charge in [0.05, 0.1) is 16.9 Å². The van der Waals surface area contributed by atoms with Crippen molar-refractivity contribution in [3.05, 3.63) is 108 Å². The molecule has 0 atom stereocenters. The number of fused-ring (bicyclic) bond motifs is 2. The third-order valence-corrected chi connectivity index (χ3v) is 7.23. The van der Waals surface area contributed by atoms with E-state index < -0.39 is 0 Å². The first-order valence-electron chi connectivity index (χ1n) is 12.0. The molecule has 5 aromatic rings. The molecule has 0 saturated heterocycles. The van der Waals surface area contributed by atoms with Gasteiger partial charge in [-0.3, -0.25) is 9.78 Å². The lowest BCUT2D eigenvalue weighted by atomic mass is 10.1. The van der Waals surface area contributed by atoms with Gasteiger partial charge in [-0.05, 0) is 61.5 Å². The van der Waals surface area contributed by atoms with Gasteiger partial charge in [-0.15, -0.1) is 0 Å². The molecule has 0 saturated carbocycles. The number of hydrogen-bond acceptors (Lipinski definition) is 6. The average Bonchev–Trinajstić information content (AvgIpc) is 3.26. The van der Waals surface area contributed by atoms with Crippen LogP contribution in [-0.2, 0) is 0 Å². The number of carbonyl (C=O) groups excluding carboxylic acids is 1. The highest BCUT2D eigenvalue weighted by atomic mass is 32.2. The molecule has 182 valence electrons. The van der Waals surface area contributed by atoms with Crippen molar-refractivity contribution in [3.8, 4) is 17.2 Å². The Bertz CT molecular complexity index is 1640. The number of pyridine rings is 1. The van der Waals surface area contributed by atoms with Crippen molar-refractivity contribution < 1.29 is 14.3 Å². The normalized spacial score (nSPS) is 12.8. The molecule has 7 heteroatoms. The van der Waals surface area contributed by atoms with Gasteiger partial charge in [-0.2, -0.15) is 5.10 Å². The molecule has 3 aromatic carbocycles. The van der Waals surface area contributed by atoms with E-state index in [1.807, 2.05) is 60.1 Å². The van der Waals surface area contributed by atoms with E-state index in [0.29, 0.717) is 30.3 Å². The fraction of sp³-hybridized carbons (Fsp3) is 0.100. The molecule has 0 bridgehead atoms. The molecule has 3 heterocycles. The summed E-state index contributed by atoms with van der Waals surface area (Å²) in [5.41, 5.74) is 4.12. The molecule has 0 N–H and O–H groups in total. The SMILES string of the molecule is Cc1nn(-c2ccccc2)c(Sc2cccc3cccnc23)c1/C=C/C(=O)c1ccc2c(c1)OCCO2. The van der Waals surface area contributed by atoms with Crippen LogP contribution in [0.1, 0.15) is 21.6 Å². The third-order valence-electron chi connectivity index (χ3n) is 6.09. The maximum atomic E-state index is 13.1. The number of aromatic nitrogens is 3. The first kappa shape index (κ1) is 23.1. The van der Waals surface area contributed by atoms with Crippen molar-refractivity contribution in [2.45, 2.75) is 16.8 Å². The zero-order chi connectivity index (χ0) is 25.2. The molecule has 0 aliphatic carbocycles. The number of allylic oxidation sites excluding steroid dienone is 1. The number of ether oxygens (including phenoxy) is 2. The van der Waals surface area contributed by atoms with Gasteiger partial charge in [0.2, 0.25) is 0 Å². The second-order valence-electron chi connectivity index (χ2n) is 8.54. The largest absolute Gasteiger partial charge is 0.486 e. The van der Waals surface area contributed by atoms with E-state index >= 15 is 0 Å². The van der Waals surface area contributed by atoms with Gasteiger partial charge < -0.3 is 9.47 Å². The summed E-state index contributed by atoms with van der Waals surface area (Å²) in [4.78, 5) is 18.7. The number of nitrogens with zero attached hydrogens (tertiary/aromatic N) is 3. The Morgan fingerprint density at radius 2 is 1.76 bits per heavy atom. The summed E-state index contributed by atoms with van der Waals surface area (Å²) >= 11 is 1.59. The number of carbonyl (C=O) groups is 1. The fourth-order valence-corrected chi connectivity index (χ4v) is 5.45. The van der Waals surface area contributed by atoms with Crippen molar-refractivity contribution in [1.82, 2.24) is 14.8 Å². The second kappa shape index (κ2) is 9.95. The van der Waals surface area contributed by atoms with E-state index in [4.69, 9.17) is 14.6 Å². The molecule has 1 aliphatic heterocycles. The molecule has 37 heavy (non-hydrogen) atoms. The minimum Gasteiger partial charge on any atom is -0.486 e. The highest BCUT2D eigenvalue weighted by Gasteiger charge is 2.19. The Hall–Kier alpha value is -4.36. The van der Waals surface area contributed by atoms with Crippen LogP contribution in [0, 0.1) is 6.92 Å². The number of para-hydroxylation sites is 2. The minimum atomic E-state index is -0.119. The number of aryl methyl sites for hydroxylation is 1. The van der Waals surface area contributed by atoms with Crippen molar-refractivity contribution in [2.75, 3.05) is 13.2 Å². The summed E-state index contributed by atoms with van der Waals surface area (Å²) in [6.45, 7) is 2.94. The molecule has 0 unspecified atom stereocenters. The molecule has 6 rings (SSSR count). The zero-order valence-corrected chi connectivity index (χ0v) is 20.9. The lowest BCUT2D eigenvalue weighted by molar-refractivity contribution is 0.104. The topological polar surface area (TPSA) is 66.2 Å². The molecular weight excluding hydrogens is 482 g/mol. The first-order chi connectivity index (χ1) is 18.2. The summed E-state index contributed by atoms with van der Waals surface area (Å²) in [5.74, 6) is 1.14. The zero-order valence-electron chi connectivity index (χ0n) is 20.1. The predicted octanol–water partition coefficient (Wildman–Crippen LogP) is 6.55. The summed E-state index contributed by atoms with van der Waals surface area (Å²) in [5, 5.41) is 6.82. The van der Waals surface area contributed by atoms with Crippen LogP contribution in [0.5, 0.6) is 11.5 Å². The van der Waals surface area contributed by atoms with Crippen LogP contribution in [0.15, 0.2) is 101 Å². The van der Waals surface area contributed by atoms with Crippen LogP contribution >= 0.6 is 11.8 Å². The number of ketones is 1. The Labute approximate surface area is 218 Å². The van der Waals surface area contributed by atoms with Crippen LogP contribution in [-0.4, -0.2) is 33.8 Å². The van der Waals surface area contributed by atoms with Gasteiger partial charge in [0, 0.05) is 27.6 Å². The van der Waals surface area contributed by atoms with E-state index in [2.05, 4.69) is 23.2 Å². The average molecular weight is 506 g/mol. The standard InChI is InChI=1S/C30H23N3O3S/c1-20-24(13-14-25(34)22-12-15-26-27(19-22)36-18-17-35-26)30(33(32-20)23-9-3-2-4-10-23)37-28-11-5-7-21-8-6-16-31-29(21)28/h2-16,19H,17-18H2,1H3/b14-13+. The second-order valence-corrected chi connectivity index (χ2v) is 9.57. The number of rotatable bonds is 6. The monoisotopic (exact) mass is 505 g/mol. The quantitative estimate of drug-likeness (QED) is 0.193. The molecular formula is C30H23N3O3S. The van der Waals surface area contributed by atoms with E-state index in [1.165, 1.54) is 0 Å². The molecule has 6 nitrogen and oxygen atoms in total. The van der Waals surface area contributed by atoms with E-state index in [-0.39, 0.29) is 5.78 Å². The van der Waals surface area contributed by atoms with Crippen molar-refractivity contribution in [1.29, 1.82) is 0 Å². The Kier molecular flexibility index (Phi) is 6.20. The summed E-state index contributed by atoms with van der Waals surface area (Å²) < 4.78 is 13.1. The van der Waals surface area contributed by atoms with Gasteiger partial charge >= 0.3 is 0 Å². The predicted molar refractivity (Wildman–Crippen MR) is 145 cm³/mol. The third kappa shape index (κ3) is 4.61. The maximum Gasteiger partial charge on any atom is 0.185 e. The number of benzene rings is 3. The van der Waals surface area contributed by atoms with Gasteiger partial charge in [0.1, 0.15) is 18.2 Å².